The molecular formula is C6H5Cl2IO. The second-order valence-electron chi connectivity index (χ2n) is 2.01. The van der Waals surface area contributed by atoms with Crippen LogP contribution >= 0.6 is 45.8 Å². The molecule has 1 nitrogen and oxygen atoms in total. The molecule has 0 saturated heterocycles. The number of hydrogen-bond acceptors (Lipinski definition) is 1. The molecule has 0 saturated carbocycles. The molecule has 1 N–H and O–H groups in total. The van der Waals surface area contributed by atoms with Gasteiger partial charge in [0.15, 0.2) is 0 Å². The summed E-state index contributed by atoms with van der Waals surface area (Å²) in [6, 6.07) is 0. The molecule has 2 atom stereocenters. The van der Waals surface area contributed by atoms with Crippen LogP contribution in [0.2, 0.25) is 0 Å². The topological polar surface area (TPSA) is 20.2 Å². The summed E-state index contributed by atoms with van der Waals surface area (Å²) in [4.78, 5) is 0. The quantitative estimate of drug-likeness (QED) is 0.537. The highest BCUT2D eigenvalue weighted by molar-refractivity contribution is 14.1. The molecule has 0 aromatic heterocycles. The summed E-state index contributed by atoms with van der Waals surface area (Å²) in [5, 5.41) is 9.79. The van der Waals surface area contributed by atoms with Crippen molar-refractivity contribution in [3.05, 3.63) is 23.3 Å². The molecule has 0 bridgehead atoms. The Labute approximate surface area is 82.8 Å². The van der Waals surface area contributed by atoms with Crippen LogP contribution < -0.4 is 0 Å². The predicted molar refractivity (Wildman–Crippen MR) is 51.7 cm³/mol. The standard InChI is InChI=1S/C6H5Cl2IO/c7-4-1-2-5(10)6(8,9)3-4/h1-3,5,10H. The Morgan fingerprint density at radius 1 is 1.70 bits per heavy atom. The number of allylic oxidation sites excluding steroid dienone is 2. The van der Waals surface area contributed by atoms with Gasteiger partial charge in [-0.05, 0) is 12.2 Å². The van der Waals surface area contributed by atoms with Crippen LogP contribution in [0.5, 0.6) is 0 Å². The van der Waals surface area contributed by atoms with Gasteiger partial charge in [0.25, 0.3) is 0 Å². The molecule has 1 aliphatic rings. The Kier molecular flexibility index (Phi) is 2.66. The lowest BCUT2D eigenvalue weighted by Crippen LogP contribution is -2.28. The Morgan fingerprint density at radius 2 is 2.30 bits per heavy atom. The first-order chi connectivity index (χ1) is 4.52. The molecule has 0 heterocycles. The van der Waals surface area contributed by atoms with Crippen LogP contribution in [0.25, 0.3) is 0 Å². The van der Waals surface area contributed by atoms with Crippen molar-refractivity contribution in [2.45, 2.75) is 8.98 Å². The second-order valence-corrected chi connectivity index (χ2v) is 5.49. The highest BCUT2D eigenvalue weighted by Gasteiger charge is 2.30. The van der Waals surface area contributed by atoms with Crippen LogP contribution in [-0.4, -0.2) is 14.1 Å². The molecule has 0 amide bonds. The number of aliphatic hydroxyl groups excluding tert-OH is 1. The fraction of sp³-hybridized carbons (Fsp3) is 0.333. The third-order valence-electron chi connectivity index (χ3n) is 1.16. The summed E-state index contributed by atoms with van der Waals surface area (Å²) >= 11 is 13.4. The Balaban J connectivity index is 2.88. The maximum absolute atomic E-state index is 9.23. The molecule has 0 spiro atoms. The van der Waals surface area contributed by atoms with Crippen molar-refractivity contribution < 1.29 is 5.11 Å². The Hall–Kier alpha value is 0.750. The van der Waals surface area contributed by atoms with Gasteiger partial charge in [0.2, 0.25) is 0 Å². The maximum Gasteiger partial charge on any atom is 0.145 e. The van der Waals surface area contributed by atoms with Gasteiger partial charge in [-0.15, -0.1) is 0 Å². The van der Waals surface area contributed by atoms with Crippen LogP contribution in [0.3, 0.4) is 0 Å². The first-order valence-corrected chi connectivity index (χ1v) is 4.48. The van der Waals surface area contributed by atoms with Gasteiger partial charge in [-0.25, -0.2) is 0 Å². The van der Waals surface area contributed by atoms with Gasteiger partial charge in [0.05, 0.1) is 0 Å². The highest BCUT2D eigenvalue weighted by atomic mass is 127. The molecule has 56 valence electrons. The molecule has 0 radical (unpaired) electrons. The number of halogens is 3. The van der Waals surface area contributed by atoms with Crippen molar-refractivity contribution in [1.82, 2.24) is 0 Å². The van der Waals surface area contributed by atoms with Gasteiger partial charge in [0.1, 0.15) is 8.98 Å². The predicted octanol–water partition coefficient (Wildman–Crippen LogP) is 2.41. The van der Waals surface area contributed by atoms with Crippen LogP contribution in [-0.2, 0) is 0 Å². The lowest BCUT2D eigenvalue weighted by Gasteiger charge is -2.22. The minimum atomic E-state index is -0.774. The van der Waals surface area contributed by atoms with Gasteiger partial charge in [-0.3, -0.25) is 0 Å². The van der Waals surface area contributed by atoms with E-state index in [0.29, 0.717) is 5.03 Å². The smallest absolute Gasteiger partial charge is 0.145 e. The van der Waals surface area contributed by atoms with E-state index in [0.717, 1.165) is 0 Å². The molecule has 0 aliphatic heterocycles. The third kappa shape index (κ3) is 1.87. The largest absolute Gasteiger partial charge is 0.386 e. The van der Waals surface area contributed by atoms with Crippen molar-refractivity contribution in [3.8, 4) is 0 Å². The summed E-state index contributed by atoms with van der Waals surface area (Å²) in [6.45, 7) is 0. The number of alkyl halides is 2. The molecule has 2 unspecified atom stereocenters. The normalized spacial score (nSPS) is 39.6. The van der Waals surface area contributed by atoms with Crippen LogP contribution in [0.15, 0.2) is 23.3 Å². The van der Waals surface area contributed by atoms with Crippen molar-refractivity contribution in [1.29, 1.82) is 0 Å². The first kappa shape index (κ1) is 8.84. The van der Waals surface area contributed by atoms with Crippen molar-refractivity contribution in [2.24, 2.45) is 0 Å². The third-order valence-corrected chi connectivity index (χ3v) is 2.68. The average Bonchev–Trinajstić information content (AvgIpc) is 1.78. The van der Waals surface area contributed by atoms with E-state index in [4.69, 9.17) is 23.2 Å². The van der Waals surface area contributed by atoms with Crippen molar-refractivity contribution in [2.75, 3.05) is 0 Å². The van der Waals surface area contributed by atoms with E-state index in [2.05, 4.69) is 0 Å². The minimum absolute atomic E-state index is 0.565. The van der Waals surface area contributed by atoms with Gasteiger partial charge >= 0.3 is 0 Å². The summed E-state index contributed by atoms with van der Waals surface area (Å²) in [5.74, 6) is 0. The molecule has 0 fully saturated rings. The summed E-state index contributed by atoms with van der Waals surface area (Å²) in [7, 11) is 0. The van der Waals surface area contributed by atoms with Crippen LogP contribution in [0.4, 0.5) is 0 Å². The number of rotatable bonds is 0. The number of hydrogen-bond donors (Lipinski definition) is 1. The zero-order valence-corrected chi connectivity index (χ0v) is 8.56. The average molecular weight is 291 g/mol. The fourth-order valence-electron chi connectivity index (χ4n) is 0.629. The first-order valence-electron chi connectivity index (χ1n) is 2.65. The highest BCUT2D eigenvalue weighted by Crippen LogP contribution is 2.35. The molecule has 1 aliphatic carbocycles. The zero-order valence-electron chi connectivity index (χ0n) is 4.89. The molecule has 0 aromatic rings. The Morgan fingerprint density at radius 3 is 2.70 bits per heavy atom. The zero-order chi connectivity index (χ0) is 7.78. The monoisotopic (exact) mass is 290 g/mol. The van der Waals surface area contributed by atoms with E-state index in [9.17, 15) is 5.11 Å². The van der Waals surface area contributed by atoms with E-state index in [-0.39, 0.29) is 0 Å². The van der Waals surface area contributed by atoms with Crippen LogP contribution in [0, 0.1) is 0 Å². The molecular weight excluding hydrogens is 286 g/mol. The SMILES string of the molecule is OC1C=CC(Cl)=CC1(Cl)I. The van der Waals surface area contributed by atoms with E-state index >= 15 is 0 Å². The molecule has 10 heavy (non-hydrogen) atoms. The van der Waals surface area contributed by atoms with Crippen LogP contribution in [0.1, 0.15) is 0 Å². The molecule has 4 heteroatoms. The van der Waals surface area contributed by atoms with Gasteiger partial charge in [-0.1, -0.05) is 51.9 Å². The second kappa shape index (κ2) is 3.01. The minimum Gasteiger partial charge on any atom is -0.386 e. The van der Waals surface area contributed by atoms with E-state index in [1.807, 2.05) is 22.6 Å². The van der Waals surface area contributed by atoms with Gasteiger partial charge in [0, 0.05) is 5.03 Å². The lowest BCUT2D eigenvalue weighted by atomic mass is 10.1. The van der Waals surface area contributed by atoms with Gasteiger partial charge in [-0.2, -0.15) is 0 Å². The van der Waals surface area contributed by atoms with E-state index in [1.165, 1.54) is 0 Å². The van der Waals surface area contributed by atoms with Crippen molar-refractivity contribution in [3.63, 3.8) is 0 Å². The van der Waals surface area contributed by atoms with Gasteiger partial charge < -0.3 is 5.11 Å². The molecule has 1 rings (SSSR count). The fourth-order valence-corrected chi connectivity index (χ4v) is 1.85. The van der Waals surface area contributed by atoms with Crippen molar-refractivity contribution >= 4 is 45.8 Å². The maximum atomic E-state index is 9.23. The lowest BCUT2D eigenvalue weighted by molar-refractivity contribution is 0.224. The van der Waals surface area contributed by atoms with E-state index in [1.54, 1.807) is 18.2 Å². The summed E-state index contributed by atoms with van der Waals surface area (Å²) < 4.78 is -0.774. The van der Waals surface area contributed by atoms with E-state index < -0.39 is 8.98 Å². The summed E-state index contributed by atoms with van der Waals surface area (Å²) in [6.07, 6.45) is 4.16. The molecule has 0 aromatic carbocycles. The summed E-state index contributed by atoms with van der Waals surface area (Å²) in [5.41, 5.74) is 0. The number of aliphatic hydroxyl groups is 1. The Bertz CT molecular complexity index is 198.